The van der Waals surface area contributed by atoms with Gasteiger partial charge in [-0.05, 0) is 43.6 Å². The van der Waals surface area contributed by atoms with Gasteiger partial charge in [0, 0.05) is 6.54 Å². The number of esters is 1. The van der Waals surface area contributed by atoms with Gasteiger partial charge in [0.15, 0.2) is 0 Å². The monoisotopic (exact) mass is 301 g/mol. The molecule has 0 spiro atoms. The second kappa shape index (κ2) is 6.47. The first-order valence-corrected chi connectivity index (χ1v) is 6.89. The zero-order valence-electron chi connectivity index (χ0n) is 11.8. The third-order valence-corrected chi connectivity index (χ3v) is 3.77. The molecule has 21 heavy (non-hydrogen) atoms. The van der Waals surface area contributed by atoms with Crippen molar-refractivity contribution in [1.29, 1.82) is 0 Å². The number of carbonyl (C=O) groups excluding carboxylic acids is 1. The molecule has 1 unspecified atom stereocenters. The molecule has 1 heterocycles. The van der Waals surface area contributed by atoms with Gasteiger partial charge in [-0.25, -0.2) is 0 Å². The number of likely N-dealkylation sites (tertiary alicyclic amines) is 1. The summed E-state index contributed by atoms with van der Waals surface area (Å²) in [5, 5.41) is 0. The van der Waals surface area contributed by atoms with Gasteiger partial charge < -0.3 is 9.64 Å². The average molecular weight is 301 g/mol. The molecule has 1 aliphatic heterocycles. The first-order chi connectivity index (χ1) is 9.91. The van der Waals surface area contributed by atoms with E-state index >= 15 is 0 Å². The Morgan fingerprint density at radius 2 is 1.81 bits per heavy atom. The average Bonchev–Trinajstić information content (AvgIpc) is 2.96. The van der Waals surface area contributed by atoms with Crippen LogP contribution < -0.4 is 0 Å². The number of rotatable bonds is 4. The van der Waals surface area contributed by atoms with Crippen LogP contribution in [0.2, 0.25) is 0 Å². The van der Waals surface area contributed by atoms with Crippen LogP contribution in [-0.4, -0.2) is 37.6 Å². The lowest BCUT2D eigenvalue weighted by Gasteiger charge is -2.22. The van der Waals surface area contributed by atoms with Crippen molar-refractivity contribution in [3.05, 3.63) is 35.4 Å². The highest BCUT2D eigenvalue weighted by atomic mass is 19.4. The van der Waals surface area contributed by atoms with E-state index in [9.17, 15) is 18.0 Å². The van der Waals surface area contributed by atoms with E-state index in [0.717, 1.165) is 38.1 Å². The molecule has 1 aliphatic rings. The molecule has 1 aromatic carbocycles. The van der Waals surface area contributed by atoms with Crippen molar-refractivity contribution in [2.45, 2.75) is 24.9 Å². The Hall–Kier alpha value is -1.56. The molecule has 1 fully saturated rings. The third kappa shape index (κ3) is 3.97. The molecule has 116 valence electrons. The summed E-state index contributed by atoms with van der Waals surface area (Å²) in [6.45, 7) is 2.31. The van der Waals surface area contributed by atoms with Crippen LogP contribution in [0.4, 0.5) is 13.2 Å². The van der Waals surface area contributed by atoms with Crippen LogP contribution in [0.25, 0.3) is 0 Å². The summed E-state index contributed by atoms with van der Waals surface area (Å²) in [5.41, 5.74) is -0.155. The molecule has 1 aromatic rings. The minimum Gasteiger partial charge on any atom is -0.469 e. The molecule has 0 N–H and O–H groups in total. The molecule has 0 bridgehead atoms. The van der Waals surface area contributed by atoms with Gasteiger partial charge in [0.2, 0.25) is 0 Å². The van der Waals surface area contributed by atoms with Crippen LogP contribution >= 0.6 is 0 Å². The number of methoxy groups -OCH3 is 1. The van der Waals surface area contributed by atoms with Crippen molar-refractivity contribution in [3.63, 3.8) is 0 Å². The maximum Gasteiger partial charge on any atom is 0.416 e. The highest BCUT2D eigenvalue weighted by molar-refractivity contribution is 5.78. The number of hydrogen-bond acceptors (Lipinski definition) is 3. The Bertz CT molecular complexity index is 479. The lowest BCUT2D eigenvalue weighted by molar-refractivity contribution is -0.142. The fourth-order valence-corrected chi connectivity index (χ4v) is 2.59. The van der Waals surface area contributed by atoms with Crippen LogP contribution in [0.1, 0.15) is 29.9 Å². The van der Waals surface area contributed by atoms with Crippen LogP contribution in [-0.2, 0) is 15.7 Å². The topological polar surface area (TPSA) is 29.5 Å². The van der Waals surface area contributed by atoms with Crippen LogP contribution in [0.5, 0.6) is 0 Å². The molecular weight excluding hydrogens is 283 g/mol. The minimum atomic E-state index is -4.37. The Balaban J connectivity index is 2.17. The maximum absolute atomic E-state index is 12.6. The van der Waals surface area contributed by atoms with E-state index in [1.54, 1.807) is 0 Å². The fraction of sp³-hybridized carbons (Fsp3) is 0.533. The third-order valence-electron chi connectivity index (χ3n) is 3.77. The molecule has 3 nitrogen and oxygen atoms in total. The minimum absolute atomic E-state index is 0.415. The van der Waals surface area contributed by atoms with Crippen molar-refractivity contribution in [3.8, 4) is 0 Å². The van der Waals surface area contributed by atoms with Gasteiger partial charge in [0.25, 0.3) is 0 Å². The second-order valence-electron chi connectivity index (χ2n) is 5.20. The van der Waals surface area contributed by atoms with Gasteiger partial charge >= 0.3 is 12.1 Å². The molecule has 0 radical (unpaired) electrons. The summed E-state index contributed by atoms with van der Waals surface area (Å²) >= 11 is 0. The number of nitrogens with zero attached hydrogens (tertiary/aromatic N) is 1. The maximum atomic E-state index is 12.6. The molecule has 0 aliphatic carbocycles. The smallest absolute Gasteiger partial charge is 0.416 e. The zero-order chi connectivity index (χ0) is 15.5. The van der Waals surface area contributed by atoms with E-state index in [-0.39, 0.29) is 0 Å². The fourth-order valence-electron chi connectivity index (χ4n) is 2.59. The Morgan fingerprint density at radius 3 is 2.29 bits per heavy atom. The van der Waals surface area contributed by atoms with Gasteiger partial charge in [0.1, 0.15) is 0 Å². The first-order valence-electron chi connectivity index (χ1n) is 6.89. The van der Waals surface area contributed by atoms with Crippen molar-refractivity contribution >= 4 is 5.97 Å². The second-order valence-corrected chi connectivity index (χ2v) is 5.20. The quantitative estimate of drug-likeness (QED) is 0.801. The summed E-state index contributed by atoms with van der Waals surface area (Å²) in [4.78, 5) is 14.0. The standard InChI is InChI=1S/C15H18F3NO2/c1-21-14(20)13(10-19-8-2-3-9-19)11-4-6-12(7-5-11)15(16,17)18/h4-7,13H,2-3,8-10H2,1H3. The SMILES string of the molecule is COC(=O)C(CN1CCCC1)c1ccc(C(F)(F)F)cc1. The molecule has 2 rings (SSSR count). The number of hydrogen-bond donors (Lipinski definition) is 0. The lowest BCUT2D eigenvalue weighted by atomic mass is 9.97. The van der Waals surface area contributed by atoms with Gasteiger partial charge in [0.05, 0.1) is 18.6 Å². The summed E-state index contributed by atoms with van der Waals surface area (Å²) in [5.74, 6) is -0.961. The van der Waals surface area contributed by atoms with E-state index in [2.05, 4.69) is 4.90 Å². The number of alkyl halides is 3. The summed E-state index contributed by atoms with van der Waals surface area (Å²) < 4.78 is 42.5. The molecule has 0 amide bonds. The Kier molecular flexibility index (Phi) is 4.88. The molecule has 1 atom stereocenters. The van der Waals surface area contributed by atoms with Crippen LogP contribution in [0, 0.1) is 0 Å². The summed E-state index contributed by atoms with van der Waals surface area (Å²) in [6, 6.07) is 4.74. The van der Waals surface area contributed by atoms with Crippen molar-refractivity contribution < 1.29 is 22.7 Å². The number of carbonyl (C=O) groups is 1. The molecule has 0 saturated carbocycles. The molecule has 0 aromatic heterocycles. The Labute approximate surface area is 121 Å². The number of ether oxygens (including phenoxy) is 1. The summed E-state index contributed by atoms with van der Waals surface area (Å²) in [7, 11) is 1.30. The number of benzene rings is 1. The predicted molar refractivity (Wildman–Crippen MR) is 71.9 cm³/mol. The van der Waals surface area contributed by atoms with Crippen molar-refractivity contribution in [1.82, 2.24) is 4.90 Å². The van der Waals surface area contributed by atoms with E-state index < -0.39 is 23.6 Å². The summed E-state index contributed by atoms with van der Waals surface area (Å²) in [6.07, 6.45) is -2.20. The van der Waals surface area contributed by atoms with Crippen LogP contribution in [0.3, 0.4) is 0 Å². The van der Waals surface area contributed by atoms with E-state index in [1.807, 2.05) is 0 Å². The normalized spacial score (nSPS) is 17.7. The molecule has 6 heteroatoms. The first kappa shape index (κ1) is 15.8. The van der Waals surface area contributed by atoms with Gasteiger partial charge in [-0.3, -0.25) is 4.79 Å². The Morgan fingerprint density at radius 1 is 1.24 bits per heavy atom. The largest absolute Gasteiger partial charge is 0.469 e. The van der Waals surface area contributed by atoms with Crippen molar-refractivity contribution in [2.24, 2.45) is 0 Å². The van der Waals surface area contributed by atoms with E-state index in [4.69, 9.17) is 4.74 Å². The van der Waals surface area contributed by atoms with Gasteiger partial charge in [-0.1, -0.05) is 12.1 Å². The predicted octanol–water partition coefficient (Wildman–Crippen LogP) is 3.06. The van der Waals surface area contributed by atoms with E-state index in [0.29, 0.717) is 12.1 Å². The van der Waals surface area contributed by atoms with Crippen LogP contribution in [0.15, 0.2) is 24.3 Å². The highest BCUT2D eigenvalue weighted by Crippen LogP contribution is 2.30. The molecule has 1 saturated heterocycles. The van der Waals surface area contributed by atoms with Gasteiger partial charge in [-0.15, -0.1) is 0 Å². The van der Waals surface area contributed by atoms with Crippen molar-refractivity contribution in [2.75, 3.05) is 26.7 Å². The number of halogens is 3. The molecular formula is C15H18F3NO2. The van der Waals surface area contributed by atoms with E-state index in [1.165, 1.54) is 19.2 Å². The zero-order valence-corrected chi connectivity index (χ0v) is 11.8. The highest BCUT2D eigenvalue weighted by Gasteiger charge is 2.31. The lowest BCUT2D eigenvalue weighted by Crippen LogP contribution is -2.30. The van der Waals surface area contributed by atoms with Gasteiger partial charge in [-0.2, -0.15) is 13.2 Å².